The van der Waals surface area contributed by atoms with Crippen LogP contribution in [0.1, 0.15) is 23.4 Å². The molecule has 21 heavy (non-hydrogen) atoms. The van der Waals surface area contributed by atoms with Crippen LogP contribution in [-0.2, 0) is 17.7 Å². The summed E-state index contributed by atoms with van der Waals surface area (Å²) in [7, 11) is 0. The van der Waals surface area contributed by atoms with Gasteiger partial charge in [0.05, 0.1) is 24.7 Å². The molecule has 2 heterocycles. The highest BCUT2D eigenvalue weighted by atomic mass is 16.5. The van der Waals surface area contributed by atoms with Gasteiger partial charge in [-0.3, -0.25) is 4.90 Å². The van der Waals surface area contributed by atoms with Gasteiger partial charge in [-0.05, 0) is 25.3 Å². The number of aryl methyl sites for hydroxylation is 2. The number of aromatic nitrogens is 2. The molecular formula is C17H23N3O. The highest BCUT2D eigenvalue weighted by molar-refractivity contribution is 5.14. The van der Waals surface area contributed by atoms with E-state index in [0.29, 0.717) is 6.10 Å². The van der Waals surface area contributed by atoms with Gasteiger partial charge in [-0.25, -0.2) is 4.98 Å². The largest absolute Gasteiger partial charge is 0.376 e. The van der Waals surface area contributed by atoms with Crippen LogP contribution in [0.25, 0.3) is 0 Å². The summed E-state index contributed by atoms with van der Waals surface area (Å²) in [6.45, 7) is 5.81. The predicted molar refractivity (Wildman–Crippen MR) is 83.1 cm³/mol. The maximum Gasteiger partial charge on any atom is 0.0925 e. The van der Waals surface area contributed by atoms with E-state index >= 15 is 0 Å². The van der Waals surface area contributed by atoms with Crippen molar-refractivity contribution < 1.29 is 4.74 Å². The number of morpholine rings is 1. The molecule has 0 radical (unpaired) electrons. The lowest BCUT2D eigenvalue weighted by molar-refractivity contribution is -0.0349. The van der Waals surface area contributed by atoms with Crippen LogP contribution >= 0.6 is 0 Å². The van der Waals surface area contributed by atoms with Crippen molar-refractivity contribution in [2.24, 2.45) is 0 Å². The van der Waals surface area contributed by atoms with Crippen molar-refractivity contribution in [3.05, 3.63) is 53.6 Å². The molecule has 0 saturated carbocycles. The molecule has 1 saturated heterocycles. The van der Waals surface area contributed by atoms with E-state index in [1.165, 1.54) is 11.3 Å². The minimum Gasteiger partial charge on any atom is -0.376 e. The van der Waals surface area contributed by atoms with Crippen LogP contribution in [0.5, 0.6) is 0 Å². The number of ether oxygens (including phenoxy) is 1. The first-order chi connectivity index (χ1) is 10.3. The van der Waals surface area contributed by atoms with Crippen LogP contribution < -0.4 is 0 Å². The third-order valence-corrected chi connectivity index (χ3v) is 4.13. The highest BCUT2D eigenvalue weighted by Gasteiger charge is 2.21. The molecule has 2 aromatic rings. The van der Waals surface area contributed by atoms with Crippen molar-refractivity contribution in [2.45, 2.75) is 32.4 Å². The van der Waals surface area contributed by atoms with Gasteiger partial charge in [-0.15, -0.1) is 0 Å². The van der Waals surface area contributed by atoms with Crippen molar-refractivity contribution in [3.8, 4) is 0 Å². The molecule has 0 bridgehead atoms. The van der Waals surface area contributed by atoms with Crippen LogP contribution in [0, 0.1) is 6.92 Å². The van der Waals surface area contributed by atoms with Crippen LogP contribution in [0.15, 0.2) is 36.7 Å². The number of H-pyrrole nitrogens is 1. The summed E-state index contributed by atoms with van der Waals surface area (Å²) >= 11 is 0. The SMILES string of the molecule is Cc1[nH]cnc1CN1CCO[C@@H](CCc2ccccc2)C1. The summed E-state index contributed by atoms with van der Waals surface area (Å²) in [5.41, 5.74) is 3.71. The Balaban J connectivity index is 1.50. The fraction of sp³-hybridized carbons (Fsp3) is 0.471. The molecular weight excluding hydrogens is 262 g/mol. The molecule has 1 aromatic heterocycles. The van der Waals surface area contributed by atoms with Crippen LogP contribution in [-0.4, -0.2) is 40.7 Å². The zero-order chi connectivity index (χ0) is 14.5. The summed E-state index contributed by atoms with van der Waals surface area (Å²) in [4.78, 5) is 9.98. The second kappa shape index (κ2) is 6.87. The highest BCUT2D eigenvalue weighted by Crippen LogP contribution is 2.15. The fourth-order valence-electron chi connectivity index (χ4n) is 2.83. The number of rotatable bonds is 5. The van der Waals surface area contributed by atoms with E-state index in [-0.39, 0.29) is 0 Å². The molecule has 4 nitrogen and oxygen atoms in total. The maximum absolute atomic E-state index is 5.91. The number of benzene rings is 1. The first kappa shape index (κ1) is 14.3. The van der Waals surface area contributed by atoms with Crippen molar-refractivity contribution in [1.29, 1.82) is 0 Å². The van der Waals surface area contributed by atoms with Crippen molar-refractivity contribution >= 4 is 0 Å². The van der Waals surface area contributed by atoms with E-state index in [9.17, 15) is 0 Å². The minimum absolute atomic E-state index is 0.332. The predicted octanol–water partition coefficient (Wildman–Crippen LogP) is 2.55. The minimum atomic E-state index is 0.332. The van der Waals surface area contributed by atoms with E-state index in [1.807, 2.05) is 0 Å². The zero-order valence-corrected chi connectivity index (χ0v) is 12.6. The Bertz CT molecular complexity index is 552. The van der Waals surface area contributed by atoms with Crippen molar-refractivity contribution in [2.75, 3.05) is 19.7 Å². The van der Waals surface area contributed by atoms with Gasteiger partial charge < -0.3 is 9.72 Å². The summed E-state index contributed by atoms with van der Waals surface area (Å²) < 4.78 is 5.91. The van der Waals surface area contributed by atoms with E-state index < -0.39 is 0 Å². The summed E-state index contributed by atoms with van der Waals surface area (Å²) in [6.07, 6.45) is 4.27. The van der Waals surface area contributed by atoms with Crippen LogP contribution in [0.4, 0.5) is 0 Å². The first-order valence-corrected chi connectivity index (χ1v) is 7.68. The molecule has 4 heteroatoms. The average molecular weight is 285 g/mol. The van der Waals surface area contributed by atoms with E-state index in [4.69, 9.17) is 4.74 Å². The fourth-order valence-corrected chi connectivity index (χ4v) is 2.83. The number of aromatic amines is 1. The lowest BCUT2D eigenvalue weighted by Crippen LogP contribution is -2.42. The number of hydrogen-bond donors (Lipinski definition) is 1. The van der Waals surface area contributed by atoms with E-state index in [1.54, 1.807) is 6.33 Å². The molecule has 0 aliphatic carbocycles. The van der Waals surface area contributed by atoms with Gasteiger partial charge in [0, 0.05) is 25.3 Å². The van der Waals surface area contributed by atoms with Crippen molar-refractivity contribution in [1.82, 2.24) is 14.9 Å². The van der Waals surface area contributed by atoms with Gasteiger partial charge in [-0.1, -0.05) is 30.3 Å². The average Bonchev–Trinajstić information content (AvgIpc) is 2.92. The Morgan fingerprint density at radius 3 is 2.95 bits per heavy atom. The molecule has 1 aliphatic rings. The first-order valence-electron chi connectivity index (χ1n) is 7.68. The molecule has 0 unspecified atom stereocenters. The molecule has 0 spiro atoms. The normalized spacial score (nSPS) is 19.8. The Hall–Kier alpha value is -1.65. The second-order valence-electron chi connectivity index (χ2n) is 5.73. The summed E-state index contributed by atoms with van der Waals surface area (Å²) in [6, 6.07) is 10.6. The molecule has 1 N–H and O–H groups in total. The van der Waals surface area contributed by atoms with Gasteiger partial charge >= 0.3 is 0 Å². The van der Waals surface area contributed by atoms with Gasteiger partial charge in [-0.2, -0.15) is 0 Å². The third kappa shape index (κ3) is 3.93. The third-order valence-electron chi connectivity index (χ3n) is 4.13. The Kier molecular flexibility index (Phi) is 4.68. The lowest BCUT2D eigenvalue weighted by Gasteiger charge is -2.32. The number of nitrogens with one attached hydrogen (secondary N) is 1. The standard InChI is InChI=1S/C17H23N3O/c1-14-17(19-13-18-14)12-20-9-10-21-16(11-20)8-7-15-5-3-2-4-6-15/h2-6,13,16H,7-12H2,1H3,(H,18,19)/t16-/m0/s1. The summed E-state index contributed by atoms with van der Waals surface area (Å²) in [5, 5.41) is 0. The van der Waals surface area contributed by atoms with Crippen LogP contribution in [0.2, 0.25) is 0 Å². The number of nitrogens with zero attached hydrogens (tertiary/aromatic N) is 2. The van der Waals surface area contributed by atoms with Gasteiger partial charge in [0.15, 0.2) is 0 Å². The Labute approximate surface area is 126 Å². The maximum atomic E-state index is 5.91. The quantitative estimate of drug-likeness (QED) is 0.918. The van der Waals surface area contributed by atoms with Crippen LogP contribution in [0.3, 0.4) is 0 Å². The summed E-state index contributed by atoms with van der Waals surface area (Å²) in [5.74, 6) is 0. The van der Waals surface area contributed by atoms with Gasteiger partial charge in [0.1, 0.15) is 0 Å². The zero-order valence-electron chi connectivity index (χ0n) is 12.6. The molecule has 3 rings (SSSR count). The topological polar surface area (TPSA) is 41.2 Å². The smallest absolute Gasteiger partial charge is 0.0925 e. The van der Waals surface area contributed by atoms with E-state index in [0.717, 1.165) is 44.8 Å². The Morgan fingerprint density at radius 2 is 2.19 bits per heavy atom. The molecule has 0 amide bonds. The molecule has 1 aromatic carbocycles. The number of hydrogen-bond acceptors (Lipinski definition) is 3. The lowest BCUT2D eigenvalue weighted by atomic mass is 10.1. The Morgan fingerprint density at radius 1 is 1.33 bits per heavy atom. The molecule has 1 atom stereocenters. The second-order valence-corrected chi connectivity index (χ2v) is 5.73. The van der Waals surface area contributed by atoms with E-state index in [2.05, 4.69) is 52.1 Å². The molecule has 1 fully saturated rings. The van der Waals surface area contributed by atoms with Gasteiger partial charge in [0.25, 0.3) is 0 Å². The van der Waals surface area contributed by atoms with Crippen molar-refractivity contribution in [3.63, 3.8) is 0 Å². The number of imidazole rings is 1. The molecule has 1 aliphatic heterocycles. The van der Waals surface area contributed by atoms with Gasteiger partial charge in [0.2, 0.25) is 0 Å². The monoisotopic (exact) mass is 285 g/mol. The molecule has 112 valence electrons.